The highest BCUT2D eigenvalue weighted by Gasteiger charge is 2.13. The van der Waals surface area contributed by atoms with Gasteiger partial charge >= 0.3 is 0 Å². The number of hydrogen-bond donors (Lipinski definition) is 2. The van der Waals surface area contributed by atoms with Crippen LogP contribution in [-0.2, 0) is 0 Å². The zero-order valence-electron chi connectivity index (χ0n) is 9.81. The van der Waals surface area contributed by atoms with Crippen LogP contribution in [0.3, 0.4) is 0 Å². The van der Waals surface area contributed by atoms with Crippen molar-refractivity contribution in [1.29, 1.82) is 0 Å². The molecule has 17 heavy (non-hydrogen) atoms. The molecule has 6 heteroatoms. The Balaban J connectivity index is 3.01. The van der Waals surface area contributed by atoms with Gasteiger partial charge in [0.05, 0.1) is 5.54 Å². The first-order valence-corrected chi connectivity index (χ1v) is 5.75. The molecule has 1 rings (SSSR count). The average Bonchev–Trinajstić information content (AvgIpc) is 2.08. The Hall–Kier alpha value is -1.17. The second-order valence-corrected chi connectivity index (χ2v) is 5.45. The summed E-state index contributed by atoms with van der Waals surface area (Å²) in [6, 6.07) is 2.30. The van der Waals surface area contributed by atoms with E-state index in [9.17, 15) is 8.78 Å². The number of hydrogen-bond acceptors (Lipinski definition) is 1. The number of rotatable bonds is 1. The van der Waals surface area contributed by atoms with Crippen molar-refractivity contribution in [3.63, 3.8) is 0 Å². The normalized spacial score (nSPS) is 12.7. The van der Waals surface area contributed by atoms with Crippen molar-refractivity contribution in [2.45, 2.75) is 26.3 Å². The molecule has 0 radical (unpaired) electrons. The number of anilines is 1. The average molecular weight is 306 g/mol. The highest BCUT2D eigenvalue weighted by molar-refractivity contribution is 9.10. The van der Waals surface area contributed by atoms with E-state index in [2.05, 4.69) is 26.2 Å². The predicted octanol–water partition coefficient (Wildman–Crippen LogP) is 3.25. The maximum Gasteiger partial charge on any atom is 0.193 e. The van der Waals surface area contributed by atoms with Gasteiger partial charge in [0.15, 0.2) is 17.6 Å². The summed E-state index contributed by atoms with van der Waals surface area (Å²) in [5.41, 5.74) is 4.84. The lowest BCUT2D eigenvalue weighted by atomic mass is 10.1. The lowest BCUT2D eigenvalue weighted by molar-refractivity contribution is 0.579. The van der Waals surface area contributed by atoms with Crippen LogP contribution in [0.25, 0.3) is 0 Å². The van der Waals surface area contributed by atoms with Gasteiger partial charge in [-0.15, -0.1) is 0 Å². The molecule has 0 heterocycles. The second kappa shape index (κ2) is 5.00. The maximum atomic E-state index is 13.5. The Labute approximate surface area is 107 Å². The topological polar surface area (TPSA) is 50.4 Å². The van der Waals surface area contributed by atoms with Gasteiger partial charge in [0, 0.05) is 4.47 Å². The van der Waals surface area contributed by atoms with E-state index in [1.807, 2.05) is 20.8 Å². The number of nitrogens with zero attached hydrogens (tertiary/aromatic N) is 1. The van der Waals surface area contributed by atoms with E-state index in [1.165, 1.54) is 0 Å². The van der Waals surface area contributed by atoms with Crippen LogP contribution in [0.5, 0.6) is 0 Å². The van der Waals surface area contributed by atoms with Crippen molar-refractivity contribution >= 4 is 27.6 Å². The van der Waals surface area contributed by atoms with Crippen molar-refractivity contribution in [2.24, 2.45) is 10.7 Å². The van der Waals surface area contributed by atoms with Crippen LogP contribution in [0, 0.1) is 11.6 Å². The smallest absolute Gasteiger partial charge is 0.193 e. The standard InChI is InChI=1S/C11H14BrF2N3/c1-11(2,3)17-10(15)16-9-7(13)4-6(12)5-8(9)14/h4-5H,1-3H3,(H3,15,16,17). The predicted molar refractivity (Wildman–Crippen MR) is 69.1 cm³/mol. The fraction of sp³-hybridized carbons (Fsp3) is 0.364. The van der Waals surface area contributed by atoms with E-state index in [0.29, 0.717) is 4.47 Å². The zero-order chi connectivity index (χ0) is 13.2. The third-order valence-electron chi connectivity index (χ3n) is 1.72. The van der Waals surface area contributed by atoms with Crippen molar-refractivity contribution < 1.29 is 8.78 Å². The van der Waals surface area contributed by atoms with Gasteiger partial charge in [-0.3, -0.25) is 0 Å². The van der Waals surface area contributed by atoms with Gasteiger partial charge in [0.1, 0.15) is 5.69 Å². The number of guanidine groups is 1. The van der Waals surface area contributed by atoms with Gasteiger partial charge in [-0.05, 0) is 32.9 Å². The highest BCUT2D eigenvalue weighted by Crippen LogP contribution is 2.23. The molecule has 0 unspecified atom stereocenters. The first-order valence-electron chi connectivity index (χ1n) is 4.96. The minimum absolute atomic E-state index is 0.0300. The fourth-order valence-corrected chi connectivity index (χ4v) is 1.58. The minimum atomic E-state index is -0.732. The third kappa shape index (κ3) is 4.30. The summed E-state index contributed by atoms with van der Waals surface area (Å²) in [6.45, 7) is 5.49. The Morgan fingerprint density at radius 1 is 1.29 bits per heavy atom. The Kier molecular flexibility index (Phi) is 4.08. The van der Waals surface area contributed by atoms with Crippen LogP contribution < -0.4 is 11.1 Å². The molecule has 0 saturated heterocycles. The summed E-state index contributed by atoms with van der Waals surface area (Å²) in [4.78, 5) is 4.05. The van der Waals surface area contributed by atoms with Crippen molar-refractivity contribution in [3.8, 4) is 0 Å². The molecule has 0 saturated carbocycles. The van der Waals surface area contributed by atoms with Gasteiger partial charge in [-0.25, -0.2) is 13.8 Å². The van der Waals surface area contributed by atoms with Crippen LogP contribution >= 0.6 is 15.9 Å². The Bertz CT molecular complexity index is 430. The van der Waals surface area contributed by atoms with E-state index in [1.54, 1.807) is 0 Å². The molecule has 0 spiro atoms. The van der Waals surface area contributed by atoms with Crippen LogP contribution in [0.15, 0.2) is 21.6 Å². The lowest BCUT2D eigenvalue weighted by Gasteiger charge is -2.15. The number of nitrogens with two attached hydrogens (primary N) is 1. The lowest BCUT2D eigenvalue weighted by Crippen LogP contribution is -2.28. The largest absolute Gasteiger partial charge is 0.370 e. The molecular formula is C11H14BrF2N3. The molecular weight excluding hydrogens is 292 g/mol. The first-order chi connectivity index (χ1) is 7.69. The van der Waals surface area contributed by atoms with Crippen LogP contribution in [-0.4, -0.2) is 11.5 Å². The van der Waals surface area contributed by atoms with Crippen LogP contribution in [0.4, 0.5) is 14.5 Å². The summed E-state index contributed by atoms with van der Waals surface area (Å²) in [5, 5.41) is 2.42. The SMILES string of the molecule is CC(C)(C)N=C(N)Nc1c(F)cc(Br)cc1F. The maximum absolute atomic E-state index is 13.5. The number of halogens is 3. The summed E-state index contributed by atoms with van der Waals surface area (Å²) in [7, 11) is 0. The van der Waals surface area contributed by atoms with Gasteiger partial charge in [0.2, 0.25) is 0 Å². The molecule has 0 aliphatic rings. The summed E-state index contributed by atoms with van der Waals surface area (Å²) in [5.74, 6) is -1.49. The number of nitrogens with one attached hydrogen (secondary N) is 1. The molecule has 0 fully saturated rings. The van der Waals surface area contributed by atoms with Gasteiger partial charge in [-0.2, -0.15) is 0 Å². The molecule has 94 valence electrons. The van der Waals surface area contributed by atoms with Gasteiger partial charge in [-0.1, -0.05) is 15.9 Å². The molecule has 0 aromatic heterocycles. The molecule has 0 bridgehead atoms. The van der Waals surface area contributed by atoms with Crippen molar-refractivity contribution in [1.82, 2.24) is 0 Å². The van der Waals surface area contributed by atoms with Crippen molar-refractivity contribution in [3.05, 3.63) is 28.2 Å². The fourth-order valence-electron chi connectivity index (χ4n) is 1.18. The third-order valence-corrected chi connectivity index (χ3v) is 2.17. The molecule has 0 aliphatic carbocycles. The highest BCUT2D eigenvalue weighted by atomic mass is 79.9. The molecule has 1 aromatic carbocycles. The Morgan fingerprint density at radius 2 is 1.76 bits per heavy atom. The number of aliphatic imine (C=N–C) groups is 1. The molecule has 0 aliphatic heterocycles. The second-order valence-electron chi connectivity index (χ2n) is 4.54. The molecule has 0 amide bonds. The monoisotopic (exact) mass is 305 g/mol. The van der Waals surface area contributed by atoms with E-state index >= 15 is 0 Å². The van der Waals surface area contributed by atoms with Crippen LogP contribution in [0.2, 0.25) is 0 Å². The van der Waals surface area contributed by atoms with E-state index in [0.717, 1.165) is 12.1 Å². The van der Waals surface area contributed by atoms with E-state index in [-0.39, 0.29) is 11.6 Å². The summed E-state index contributed by atoms with van der Waals surface area (Å²) < 4.78 is 27.2. The molecule has 0 atom stereocenters. The van der Waals surface area contributed by atoms with Gasteiger partial charge < -0.3 is 11.1 Å². The first kappa shape index (κ1) is 13.9. The molecule has 3 nitrogen and oxygen atoms in total. The minimum Gasteiger partial charge on any atom is -0.370 e. The van der Waals surface area contributed by atoms with Crippen molar-refractivity contribution in [2.75, 3.05) is 5.32 Å². The molecule has 1 aromatic rings. The van der Waals surface area contributed by atoms with E-state index in [4.69, 9.17) is 5.73 Å². The molecule has 3 N–H and O–H groups in total. The van der Waals surface area contributed by atoms with Crippen LogP contribution in [0.1, 0.15) is 20.8 Å². The summed E-state index contributed by atoms with van der Waals surface area (Å²) >= 11 is 2.99. The quantitative estimate of drug-likeness (QED) is 0.618. The number of benzene rings is 1. The van der Waals surface area contributed by atoms with Gasteiger partial charge in [0.25, 0.3) is 0 Å². The summed E-state index contributed by atoms with van der Waals surface area (Å²) in [6.07, 6.45) is 0. The zero-order valence-corrected chi connectivity index (χ0v) is 11.4. The Morgan fingerprint density at radius 3 is 2.18 bits per heavy atom. The van der Waals surface area contributed by atoms with E-state index < -0.39 is 17.2 Å².